The molecule has 11 N–H and O–H groups in total. The second kappa shape index (κ2) is 15.8. The molecule has 0 aromatic heterocycles. The van der Waals surface area contributed by atoms with E-state index in [0.29, 0.717) is 19.4 Å². The largest absolute Gasteiger partial charge is 0.481 e. The molecule has 0 aliphatic heterocycles. The van der Waals surface area contributed by atoms with E-state index >= 15 is 0 Å². The summed E-state index contributed by atoms with van der Waals surface area (Å²) >= 11 is 3.87. The summed E-state index contributed by atoms with van der Waals surface area (Å²) in [5, 5.41) is 24.9. The number of thiol groups is 1. The summed E-state index contributed by atoms with van der Waals surface area (Å²) in [6, 6.07) is -5.24. The van der Waals surface area contributed by atoms with Gasteiger partial charge in [-0.1, -0.05) is 0 Å². The molecule has 0 bridgehead atoms. The number of amides is 4. The highest BCUT2D eigenvalue weighted by atomic mass is 32.1. The second-order valence-corrected chi connectivity index (χ2v) is 7.56. The van der Waals surface area contributed by atoms with Crippen molar-refractivity contribution in [1.82, 2.24) is 16.0 Å². The normalized spacial score (nSPS) is 14.3. The zero-order chi connectivity index (χ0) is 25.6. The van der Waals surface area contributed by atoms with Gasteiger partial charge in [0.15, 0.2) is 0 Å². The molecule has 15 heteroatoms. The number of rotatable bonds is 17. The first kappa shape index (κ1) is 30.1. The molecule has 0 saturated heterocycles. The van der Waals surface area contributed by atoms with E-state index in [2.05, 4.69) is 28.6 Å². The summed E-state index contributed by atoms with van der Waals surface area (Å²) < 4.78 is 0. The van der Waals surface area contributed by atoms with Crippen molar-refractivity contribution >= 4 is 48.2 Å². The fourth-order valence-corrected chi connectivity index (χ4v) is 2.86. The Hall–Kier alpha value is -2.91. The maximum atomic E-state index is 12.8. The number of nitrogens with one attached hydrogen (secondary N) is 3. The second-order valence-electron chi connectivity index (χ2n) is 7.20. The lowest BCUT2D eigenvalue weighted by Crippen LogP contribution is -2.57. The lowest BCUT2D eigenvalue weighted by atomic mass is 10.1. The summed E-state index contributed by atoms with van der Waals surface area (Å²) in [5.41, 5.74) is 16.0. The van der Waals surface area contributed by atoms with Crippen LogP contribution in [0.15, 0.2) is 0 Å². The van der Waals surface area contributed by atoms with E-state index in [1.165, 1.54) is 0 Å². The smallest absolute Gasteiger partial charge is 0.327 e. The summed E-state index contributed by atoms with van der Waals surface area (Å²) in [6.07, 6.45) is -0.271. The maximum absolute atomic E-state index is 12.8. The van der Waals surface area contributed by atoms with Gasteiger partial charge in [-0.15, -0.1) is 0 Å². The lowest BCUT2D eigenvalue weighted by molar-refractivity contribution is -0.141. The van der Waals surface area contributed by atoms with Gasteiger partial charge in [0, 0.05) is 12.2 Å². The van der Waals surface area contributed by atoms with Crippen LogP contribution in [0.4, 0.5) is 0 Å². The van der Waals surface area contributed by atoms with Gasteiger partial charge >= 0.3 is 11.9 Å². The van der Waals surface area contributed by atoms with E-state index in [9.17, 15) is 28.8 Å². The summed E-state index contributed by atoms with van der Waals surface area (Å²) in [5.74, 6) is -6.20. The minimum atomic E-state index is -1.39. The molecule has 0 saturated carbocycles. The molecule has 0 heterocycles. The van der Waals surface area contributed by atoms with E-state index < -0.39 is 72.6 Å². The van der Waals surface area contributed by atoms with Crippen molar-refractivity contribution in [3.05, 3.63) is 0 Å². The van der Waals surface area contributed by atoms with Crippen LogP contribution in [0.2, 0.25) is 0 Å². The van der Waals surface area contributed by atoms with Gasteiger partial charge in [-0.3, -0.25) is 24.0 Å². The van der Waals surface area contributed by atoms with Crippen molar-refractivity contribution in [2.75, 3.05) is 12.3 Å². The average Bonchev–Trinajstić information content (AvgIpc) is 2.72. The maximum Gasteiger partial charge on any atom is 0.327 e. The highest BCUT2D eigenvalue weighted by molar-refractivity contribution is 7.80. The van der Waals surface area contributed by atoms with Crippen molar-refractivity contribution < 1.29 is 39.0 Å². The Morgan fingerprint density at radius 1 is 0.818 bits per heavy atom. The lowest BCUT2D eigenvalue weighted by Gasteiger charge is -2.24. The first-order valence-electron chi connectivity index (χ1n) is 10.1. The molecule has 0 aliphatic rings. The predicted molar refractivity (Wildman–Crippen MR) is 119 cm³/mol. The number of carbonyl (C=O) groups is 6. The number of unbranched alkanes of at least 4 members (excludes halogenated alkanes) is 1. The molecular formula is C18H32N6O8S. The SMILES string of the molecule is NCCCCC(NC(=O)C(CCC(=O)O)NC(=O)C(N)CC(N)=O)C(=O)NC(CS)C(=O)O. The highest BCUT2D eigenvalue weighted by Crippen LogP contribution is 2.06. The Kier molecular flexibility index (Phi) is 14.4. The van der Waals surface area contributed by atoms with Crippen LogP contribution < -0.4 is 33.2 Å². The fraction of sp³-hybridized carbons (Fsp3) is 0.667. The Balaban J connectivity index is 5.49. The van der Waals surface area contributed by atoms with E-state index in [-0.39, 0.29) is 18.6 Å². The molecule has 0 aromatic rings. The van der Waals surface area contributed by atoms with E-state index in [1.807, 2.05) is 0 Å². The molecule has 0 aromatic carbocycles. The Morgan fingerprint density at radius 2 is 1.33 bits per heavy atom. The van der Waals surface area contributed by atoms with Crippen molar-refractivity contribution in [1.29, 1.82) is 0 Å². The van der Waals surface area contributed by atoms with Crippen LogP contribution in [0.5, 0.6) is 0 Å². The minimum Gasteiger partial charge on any atom is -0.481 e. The van der Waals surface area contributed by atoms with Crippen LogP contribution in [-0.2, 0) is 28.8 Å². The summed E-state index contributed by atoms with van der Waals surface area (Å²) in [6.45, 7) is 0.325. The van der Waals surface area contributed by atoms with Gasteiger partial charge in [0.1, 0.15) is 18.1 Å². The van der Waals surface area contributed by atoms with Gasteiger partial charge in [0.25, 0.3) is 0 Å². The quantitative estimate of drug-likeness (QED) is 0.0719. The molecule has 4 atom stereocenters. The third-order valence-electron chi connectivity index (χ3n) is 4.41. The van der Waals surface area contributed by atoms with Crippen LogP contribution in [0.1, 0.15) is 38.5 Å². The van der Waals surface area contributed by atoms with Crippen molar-refractivity contribution in [3.8, 4) is 0 Å². The highest BCUT2D eigenvalue weighted by Gasteiger charge is 2.30. The minimum absolute atomic E-state index is 0.106. The van der Waals surface area contributed by atoms with Crippen LogP contribution in [-0.4, -0.2) is 82.2 Å². The molecule has 0 rings (SSSR count). The summed E-state index contributed by atoms with van der Waals surface area (Å²) in [7, 11) is 0. The first-order chi connectivity index (χ1) is 15.4. The van der Waals surface area contributed by atoms with Gasteiger partial charge in [0.05, 0.1) is 12.5 Å². The van der Waals surface area contributed by atoms with Crippen molar-refractivity contribution in [2.45, 2.75) is 62.7 Å². The molecule has 0 fully saturated rings. The van der Waals surface area contributed by atoms with Crippen molar-refractivity contribution in [2.24, 2.45) is 17.2 Å². The number of aliphatic carboxylic acids is 2. The average molecular weight is 493 g/mol. The number of hydrogen-bond acceptors (Lipinski definition) is 9. The first-order valence-corrected chi connectivity index (χ1v) is 10.8. The Bertz CT molecular complexity index is 722. The fourth-order valence-electron chi connectivity index (χ4n) is 2.62. The molecule has 188 valence electrons. The molecule has 0 aliphatic carbocycles. The van der Waals surface area contributed by atoms with E-state index in [1.54, 1.807) is 0 Å². The zero-order valence-electron chi connectivity index (χ0n) is 18.0. The van der Waals surface area contributed by atoms with Crippen LogP contribution in [0.25, 0.3) is 0 Å². The third-order valence-corrected chi connectivity index (χ3v) is 4.78. The molecular weight excluding hydrogens is 460 g/mol. The number of carbonyl (C=O) groups excluding carboxylic acids is 4. The van der Waals surface area contributed by atoms with Gasteiger partial charge in [-0.05, 0) is 32.2 Å². The van der Waals surface area contributed by atoms with E-state index in [0.717, 1.165) is 0 Å². The summed E-state index contributed by atoms with van der Waals surface area (Å²) in [4.78, 5) is 70.6. The topological polar surface area (TPSA) is 257 Å². The molecule has 33 heavy (non-hydrogen) atoms. The molecule has 4 amide bonds. The standard InChI is InChI=1S/C18H32N6O8S/c19-6-2-1-3-10(16(29)24-12(8-33)18(31)32)23-17(30)11(4-5-14(26)27)22-15(28)9(20)7-13(21)25/h9-12,33H,1-8,19-20H2,(H2,21,25)(H,22,28)(H,23,30)(H,24,29)(H,26,27)(H,31,32). The van der Waals surface area contributed by atoms with Crippen LogP contribution >= 0.6 is 12.6 Å². The Morgan fingerprint density at radius 3 is 1.79 bits per heavy atom. The molecule has 0 spiro atoms. The number of carboxylic acids is 2. The van der Waals surface area contributed by atoms with Gasteiger partial charge in [-0.25, -0.2) is 4.79 Å². The van der Waals surface area contributed by atoms with Crippen LogP contribution in [0, 0.1) is 0 Å². The van der Waals surface area contributed by atoms with Gasteiger partial charge in [0.2, 0.25) is 23.6 Å². The van der Waals surface area contributed by atoms with Crippen molar-refractivity contribution in [3.63, 3.8) is 0 Å². The molecule has 4 unspecified atom stereocenters. The molecule has 14 nitrogen and oxygen atoms in total. The molecule has 0 radical (unpaired) electrons. The number of nitrogens with two attached hydrogens (primary N) is 3. The third kappa shape index (κ3) is 12.6. The van der Waals surface area contributed by atoms with Gasteiger partial charge < -0.3 is 43.4 Å². The monoisotopic (exact) mass is 492 g/mol. The van der Waals surface area contributed by atoms with Gasteiger partial charge in [-0.2, -0.15) is 12.6 Å². The zero-order valence-corrected chi connectivity index (χ0v) is 18.9. The Labute approximate surface area is 195 Å². The van der Waals surface area contributed by atoms with E-state index in [4.69, 9.17) is 27.4 Å². The van der Waals surface area contributed by atoms with Crippen LogP contribution in [0.3, 0.4) is 0 Å². The number of primary amides is 1. The predicted octanol–water partition coefficient (Wildman–Crippen LogP) is -3.35. The number of hydrogen-bond donors (Lipinski definition) is 9. The number of carboxylic acid groups (broad SMARTS) is 2.